The van der Waals surface area contributed by atoms with Crippen LogP contribution in [0.2, 0.25) is 0 Å². The molecule has 0 radical (unpaired) electrons. The topological polar surface area (TPSA) is 99.2 Å². The molecule has 29 heavy (non-hydrogen) atoms. The number of carbonyl (C=O) groups is 2. The van der Waals surface area contributed by atoms with Crippen LogP contribution in [0.4, 0.5) is 13.2 Å². The molecule has 12 heteroatoms. The third-order valence-electron chi connectivity index (χ3n) is 4.39. The van der Waals surface area contributed by atoms with Crippen LogP contribution >= 0.6 is 0 Å². The van der Waals surface area contributed by atoms with Gasteiger partial charge < -0.3 is 9.47 Å². The monoisotopic (exact) mass is 431 g/mol. The van der Waals surface area contributed by atoms with Gasteiger partial charge in [0.1, 0.15) is 5.75 Å². The lowest BCUT2D eigenvalue weighted by molar-refractivity contribution is -0.0761. The SMILES string of the molecule is O=C1c2cccc3cc(OC4CCCO4)cc(c23)C(=O)N1OS(=O)(=O)C(F)(F)F. The molecule has 0 aromatic heterocycles. The van der Waals surface area contributed by atoms with Crippen molar-refractivity contribution in [3.8, 4) is 5.75 Å². The van der Waals surface area contributed by atoms with Gasteiger partial charge in [0, 0.05) is 11.8 Å². The average Bonchev–Trinajstić information content (AvgIpc) is 3.15. The van der Waals surface area contributed by atoms with Crippen LogP contribution in [0.15, 0.2) is 30.3 Å². The van der Waals surface area contributed by atoms with Gasteiger partial charge in [-0.25, -0.2) is 0 Å². The number of ether oxygens (including phenoxy) is 2. The first-order valence-electron chi connectivity index (χ1n) is 8.33. The lowest BCUT2D eigenvalue weighted by Crippen LogP contribution is -2.44. The van der Waals surface area contributed by atoms with Crippen LogP contribution in [0.5, 0.6) is 5.75 Å². The summed E-state index contributed by atoms with van der Waals surface area (Å²) in [7, 11) is -6.23. The Morgan fingerprint density at radius 2 is 1.83 bits per heavy atom. The molecular formula is C17H12F3NO7S. The van der Waals surface area contributed by atoms with E-state index >= 15 is 0 Å². The first-order chi connectivity index (χ1) is 13.6. The van der Waals surface area contributed by atoms with Crippen molar-refractivity contribution in [3.63, 3.8) is 0 Å². The zero-order valence-electron chi connectivity index (χ0n) is 14.4. The summed E-state index contributed by atoms with van der Waals surface area (Å²) in [6.45, 7) is 0.500. The van der Waals surface area contributed by atoms with Crippen LogP contribution in [0.3, 0.4) is 0 Å². The highest BCUT2D eigenvalue weighted by atomic mass is 32.2. The van der Waals surface area contributed by atoms with Gasteiger partial charge in [-0.3, -0.25) is 9.59 Å². The minimum Gasteiger partial charge on any atom is -0.465 e. The van der Waals surface area contributed by atoms with Crippen LogP contribution in [0.1, 0.15) is 33.6 Å². The summed E-state index contributed by atoms with van der Waals surface area (Å²) >= 11 is 0. The standard InChI is InChI=1S/C17H12F3NO7S/c18-17(19,20)29(24,25)28-21-15(22)11-4-1-3-9-7-10(27-13-5-2-6-26-13)8-12(14(9)11)16(21)23/h1,3-4,7-8,13H,2,5-6H2. The van der Waals surface area contributed by atoms with E-state index in [2.05, 4.69) is 4.28 Å². The third kappa shape index (κ3) is 3.32. The van der Waals surface area contributed by atoms with E-state index in [0.29, 0.717) is 18.4 Å². The maximum atomic E-state index is 12.7. The van der Waals surface area contributed by atoms with Crippen LogP contribution < -0.4 is 4.74 Å². The zero-order valence-corrected chi connectivity index (χ0v) is 15.2. The number of hydrogen-bond acceptors (Lipinski definition) is 7. The summed E-state index contributed by atoms with van der Waals surface area (Å²) in [5, 5.41) is 0.162. The highest BCUT2D eigenvalue weighted by Gasteiger charge is 2.51. The van der Waals surface area contributed by atoms with E-state index in [4.69, 9.17) is 9.47 Å². The molecule has 2 aliphatic heterocycles. The number of rotatable bonds is 4. The van der Waals surface area contributed by atoms with E-state index < -0.39 is 38.8 Å². The molecule has 1 atom stereocenters. The largest absolute Gasteiger partial charge is 0.525 e. The number of amides is 2. The molecule has 0 N–H and O–H groups in total. The summed E-state index contributed by atoms with van der Waals surface area (Å²) in [6, 6.07) is 7.01. The van der Waals surface area contributed by atoms with Gasteiger partial charge in [0.05, 0.1) is 17.7 Å². The number of benzene rings is 2. The molecule has 2 aromatic carbocycles. The van der Waals surface area contributed by atoms with Gasteiger partial charge in [-0.15, -0.1) is 9.35 Å². The molecular weight excluding hydrogens is 419 g/mol. The fourth-order valence-electron chi connectivity index (χ4n) is 3.13. The second-order valence-electron chi connectivity index (χ2n) is 6.31. The summed E-state index contributed by atoms with van der Waals surface area (Å²) in [4.78, 5) is 25.1. The maximum absolute atomic E-state index is 12.7. The molecule has 1 fully saturated rings. The number of halogens is 3. The molecule has 154 valence electrons. The number of carbonyl (C=O) groups excluding carboxylic acids is 2. The average molecular weight is 431 g/mol. The Hall–Kier alpha value is -2.70. The summed E-state index contributed by atoms with van der Waals surface area (Å²) < 4.78 is 75.5. The van der Waals surface area contributed by atoms with Gasteiger partial charge in [0.25, 0.3) is 11.8 Å². The van der Waals surface area contributed by atoms with Crippen LogP contribution in [-0.2, 0) is 19.1 Å². The van der Waals surface area contributed by atoms with Crippen molar-refractivity contribution in [1.29, 1.82) is 0 Å². The lowest BCUT2D eigenvalue weighted by Gasteiger charge is -2.26. The molecule has 1 unspecified atom stereocenters. The molecule has 0 spiro atoms. The Morgan fingerprint density at radius 1 is 1.10 bits per heavy atom. The van der Waals surface area contributed by atoms with Gasteiger partial charge in [-0.05, 0) is 30.0 Å². The van der Waals surface area contributed by atoms with Gasteiger partial charge in [-0.1, -0.05) is 12.1 Å². The van der Waals surface area contributed by atoms with Gasteiger partial charge in [0.2, 0.25) is 0 Å². The zero-order chi connectivity index (χ0) is 21.0. The normalized spacial score (nSPS) is 19.8. The number of imide groups is 1. The predicted molar refractivity (Wildman–Crippen MR) is 90.1 cm³/mol. The molecule has 4 rings (SSSR count). The third-order valence-corrected chi connectivity index (χ3v) is 5.30. The van der Waals surface area contributed by atoms with E-state index in [9.17, 15) is 31.2 Å². The summed E-state index contributed by atoms with van der Waals surface area (Å²) in [6.07, 6.45) is 0.833. The summed E-state index contributed by atoms with van der Waals surface area (Å²) in [5.41, 5.74) is -6.23. The van der Waals surface area contributed by atoms with E-state index in [1.165, 1.54) is 18.2 Å². The number of nitrogens with zero attached hydrogens (tertiary/aromatic N) is 1. The predicted octanol–water partition coefficient (Wildman–Crippen LogP) is 2.73. The Kier molecular flexibility index (Phi) is 4.52. The Morgan fingerprint density at radius 3 is 2.48 bits per heavy atom. The molecule has 0 aliphatic carbocycles. The summed E-state index contributed by atoms with van der Waals surface area (Å²) in [5.74, 6) is -2.50. The number of hydroxylamine groups is 2. The second kappa shape index (κ2) is 6.68. The van der Waals surface area contributed by atoms with Crippen LogP contribution in [0.25, 0.3) is 10.8 Å². The Bertz CT molecular complexity index is 1120. The smallest absolute Gasteiger partial charge is 0.465 e. The van der Waals surface area contributed by atoms with Crippen molar-refractivity contribution >= 4 is 32.7 Å². The lowest BCUT2D eigenvalue weighted by atomic mass is 9.95. The Labute approximate surface area is 161 Å². The van der Waals surface area contributed by atoms with Crippen molar-refractivity contribution in [1.82, 2.24) is 5.06 Å². The molecule has 0 saturated carbocycles. The first kappa shape index (κ1) is 19.6. The van der Waals surface area contributed by atoms with E-state index in [0.717, 1.165) is 6.42 Å². The quantitative estimate of drug-likeness (QED) is 0.542. The highest BCUT2D eigenvalue weighted by molar-refractivity contribution is 7.87. The van der Waals surface area contributed by atoms with Crippen molar-refractivity contribution in [2.45, 2.75) is 24.6 Å². The second-order valence-corrected chi connectivity index (χ2v) is 7.83. The van der Waals surface area contributed by atoms with Crippen molar-refractivity contribution < 1.29 is 44.9 Å². The van der Waals surface area contributed by atoms with Gasteiger partial charge >= 0.3 is 15.6 Å². The maximum Gasteiger partial charge on any atom is 0.525 e. The fourth-order valence-corrected chi connectivity index (χ4v) is 3.54. The fraction of sp³-hybridized carbons (Fsp3) is 0.294. The number of hydrogen-bond donors (Lipinski definition) is 0. The molecule has 2 amide bonds. The van der Waals surface area contributed by atoms with Crippen molar-refractivity contribution in [3.05, 3.63) is 41.5 Å². The minimum atomic E-state index is -6.23. The van der Waals surface area contributed by atoms with Gasteiger partial charge in [0.15, 0.2) is 6.29 Å². The van der Waals surface area contributed by atoms with E-state index in [1.54, 1.807) is 12.1 Å². The first-order valence-corrected chi connectivity index (χ1v) is 9.74. The number of alkyl halides is 3. The Balaban J connectivity index is 1.79. The minimum absolute atomic E-state index is 0.159. The molecule has 0 bridgehead atoms. The van der Waals surface area contributed by atoms with E-state index in [1.807, 2.05) is 0 Å². The van der Waals surface area contributed by atoms with Crippen LogP contribution in [-0.4, -0.2) is 43.7 Å². The molecule has 8 nitrogen and oxygen atoms in total. The van der Waals surface area contributed by atoms with E-state index in [-0.39, 0.29) is 22.3 Å². The van der Waals surface area contributed by atoms with Crippen molar-refractivity contribution in [2.75, 3.05) is 6.61 Å². The highest BCUT2D eigenvalue weighted by Crippen LogP contribution is 2.36. The van der Waals surface area contributed by atoms with Crippen LogP contribution in [0, 0.1) is 0 Å². The molecule has 2 heterocycles. The molecule has 2 aliphatic rings. The van der Waals surface area contributed by atoms with Crippen molar-refractivity contribution in [2.24, 2.45) is 0 Å². The molecule has 2 aromatic rings. The molecule has 1 saturated heterocycles. The van der Waals surface area contributed by atoms with Gasteiger partial charge in [-0.2, -0.15) is 21.6 Å².